The van der Waals surface area contributed by atoms with Crippen LogP contribution in [-0.4, -0.2) is 24.3 Å². The molecule has 0 bridgehead atoms. The topological polar surface area (TPSA) is 96.5 Å². The lowest BCUT2D eigenvalue weighted by Crippen LogP contribution is -2.44. The Hall–Kier alpha value is -3.35. The van der Waals surface area contributed by atoms with Crippen LogP contribution in [-0.2, 0) is 9.59 Å². The van der Waals surface area contributed by atoms with Gasteiger partial charge in [0.05, 0.1) is 0 Å². The largest absolute Gasteiger partial charge is 0.484 e. The zero-order chi connectivity index (χ0) is 19.2. The molecular weight excluding hydrogens is 346 g/mol. The average Bonchev–Trinajstić information content (AvgIpc) is 3.50. The van der Waals surface area contributed by atoms with E-state index >= 15 is 0 Å². The first-order valence-electron chi connectivity index (χ1n) is 8.71. The van der Waals surface area contributed by atoms with Gasteiger partial charge >= 0.3 is 0 Å². The number of aryl methyl sites for hydroxylation is 1. The number of amides is 3. The number of ether oxygens (including phenoxy) is 1. The van der Waals surface area contributed by atoms with E-state index in [2.05, 4.69) is 16.2 Å². The van der Waals surface area contributed by atoms with Gasteiger partial charge in [0.1, 0.15) is 5.75 Å². The van der Waals surface area contributed by atoms with Crippen LogP contribution in [0.3, 0.4) is 0 Å². The van der Waals surface area contributed by atoms with Crippen LogP contribution in [0.15, 0.2) is 48.5 Å². The molecule has 3 N–H and O–H groups in total. The first-order chi connectivity index (χ1) is 13.0. The predicted octanol–water partition coefficient (Wildman–Crippen LogP) is 2.18. The number of anilines is 1. The Morgan fingerprint density at radius 3 is 2.56 bits per heavy atom. The van der Waals surface area contributed by atoms with Crippen molar-refractivity contribution < 1.29 is 19.1 Å². The van der Waals surface area contributed by atoms with E-state index in [1.807, 2.05) is 19.1 Å². The molecule has 0 saturated heterocycles. The molecule has 1 aliphatic carbocycles. The molecule has 1 saturated carbocycles. The molecule has 2 aromatic carbocycles. The van der Waals surface area contributed by atoms with Crippen LogP contribution in [0.1, 0.15) is 28.8 Å². The molecular formula is C20H21N3O4. The zero-order valence-electron chi connectivity index (χ0n) is 15.0. The van der Waals surface area contributed by atoms with E-state index in [4.69, 9.17) is 4.74 Å². The van der Waals surface area contributed by atoms with Crippen LogP contribution >= 0.6 is 0 Å². The lowest BCUT2D eigenvalue weighted by Gasteiger charge is -2.11. The molecule has 0 spiro atoms. The Bertz CT molecular complexity index is 862. The smallest absolute Gasteiger partial charge is 0.276 e. The maximum atomic E-state index is 12.0. The van der Waals surface area contributed by atoms with E-state index < -0.39 is 11.8 Å². The predicted molar refractivity (Wildman–Crippen MR) is 100 cm³/mol. The summed E-state index contributed by atoms with van der Waals surface area (Å²) in [6.45, 7) is 1.54. The average molecular weight is 367 g/mol. The highest BCUT2D eigenvalue weighted by Crippen LogP contribution is 2.30. The Morgan fingerprint density at radius 1 is 1.04 bits per heavy atom. The third-order valence-electron chi connectivity index (χ3n) is 4.12. The van der Waals surface area contributed by atoms with E-state index in [1.54, 1.807) is 36.4 Å². The van der Waals surface area contributed by atoms with Gasteiger partial charge in [-0.1, -0.05) is 24.3 Å². The zero-order valence-corrected chi connectivity index (χ0v) is 15.0. The van der Waals surface area contributed by atoms with Gasteiger partial charge in [-0.25, -0.2) is 0 Å². The second kappa shape index (κ2) is 8.35. The van der Waals surface area contributed by atoms with Crippen LogP contribution in [0.25, 0.3) is 0 Å². The van der Waals surface area contributed by atoms with Crippen molar-refractivity contribution in [3.8, 4) is 5.75 Å². The SMILES string of the molecule is Cc1ccccc1C(=O)NNC(=O)COc1cccc(NC(=O)C2CC2)c1. The molecule has 1 fully saturated rings. The number of nitrogens with one attached hydrogen (secondary N) is 3. The maximum Gasteiger partial charge on any atom is 0.276 e. The molecule has 0 aliphatic heterocycles. The summed E-state index contributed by atoms with van der Waals surface area (Å²) in [6, 6.07) is 13.9. The molecule has 0 atom stereocenters. The second-order valence-corrected chi connectivity index (χ2v) is 6.40. The monoisotopic (exact) mass is 367 g/mol. The summed E-state index contributed by atoms with van der Waals surface area (Å²) in [5.74, 6) is -0.333. The Balaban J connectivity index is 1.45. The van der Waals surface area contributed by atoms with Crippen LogP contribution in [0, 0.1) is 12.8 Å². The number of carbonyl (C=O) groups is 3. The minimum absolute atomic E-state index is 0.00353. The van der Waals surface area contributed by atoms with E-state index in [9.17, 15) is 14.4 Å². The molecule has 0 unspecified atom stereocenters. The van der Waals surface area contributed by atoms with Crippen LogP contribution < -0.4 is 20.9 Å². The lowest BCUT2D eigenvalue weighted by atomic mass is 10.1. The molecule has 140 valence electrons. The third kappa shape index (κ3) is 5.31. The summed E-state index contributed by atoms with van der Waals surface area (Å²) in [6.07, 6.45) is 1.85. The second-order valence-electron chi connectivity index (χ2n) is 6.40. The van der Waals surface area contributed by atoms with Gasteiger partial charge in [-0.05, 0) is 43.5 Å². The molecule has 1 aliphatic rings. The van der Waals surface area contributed by atoms with Gasteiger partial charge in [0, 0.05) is 23.2 Å². The highest BCUT2D eigenvalue weighted by atomic mass is 16.5. The summed E-state index contributed by atoms with van der Waals surface area (Å²) in [7, 11) is 0. The van der Waals surface area contributed by atoms with Gasteiger partial charge in [-0.3, -0.25) is 25.2 Å². The van der Waals surface area contributed by atoms with Crippen molar-refractivity contribution in [3.05, 3.63) is 59.7 Å². The lowest BCUT2D eigenvalue weighted by molar-refractivity contribution is -0.123. The molecule has 0 radical (unpaired) electrons. The summed E-state index contributed by atoms with van der Waals surface area (Å²) < 4.78 is 5.41. The molecule has 27 heavy (non-hydrogen) atoms. The van der Waals surface area contributed by atoms with Crippen molar-refractivity contribution in [1.29, 1.82) is 0 Å². The standard InChI is InChI=1S/C20H21N3O4/c1-13-5-2-3-8-17(13)20(26)23-22-18(24)12-27-16-7-4-6-15(11-16)21-19(25)14-9-10-14/h2-8,11,14H,9-10,12H2,1H3,(H,21,25)(H,22,24)(H,23,26). The summed E-state index contributed by atoms with van der Waals surface area (Å²) in [4.78, 5) is 35.7. The fourth-order valence-electron chi connectivity index (χ4n) is 2.46. The highest BCUT2D eigenvalue weighted by Gasteiger charge is 2.29. The summed E-state index contributed by atoms with van der Waals surface area (Å²) in [5.41, 5.74) is 6.59. The van der Waals surface area contributed by atoms with Gasteiger partial charge < -0.3 is 10.1 Å². The van der Waals surface area contributed by atoms with Crippen molar-refractivity contribution in [1.82, 2.24) is 10.9 Å². The van der Waals surface area contributed by atoms with Crippen molar-refractivity contribution in [2.45, 2.75) is 19.8 Å². The minimum atomic E-state index is -0.496. The van der Waals surface area contributed by atoms with E-state index in [-0.39, 0.29) is 18.4 Å². The Kier molecular flexibility index (Phi) is 5.71. The van der Waals surface area contributed by atoms with Gasteiger partial charge in [0.25, 0.3) is 11.8 Å². The molecule has 7 heteroatoms. The van der Waals surface area contributed by atoms with Gasteiger partial charge in [-0.15, -0.1) is 0 Å². The van der Waals surface area contributed by atoms with Gasteiger partial charge in [-0.2, -0.15) is 0 Å². The minimum Gasteiger partial charge on any atom is -0.484 e. The highest BCUT2D eigenvalue weighted by molar-refractivity contribution is 5.96. The number of hydrogen-bond acceptors (Lipinski definition) is 4. The van der Waals surface area contributed by atoms with E-state index in [1.165, 1.54) is 0 Å². The van der Waals surface area contributed by atoms with Gasteiger partial charge in [0.15, 0.2) is 6.61 Å². The number of hydrazine groups is 1. The molecule has 3 rings (SSSR count). The Morgan fingerprint density at radius 2 is 1.81 bits per heavy atom. The number of hydrogen-bond donors (Lipinski definition) is 3. The van der Waals surface area contributed by atoms with Gasteiger partial charge in [0.2, 0.25) is 5.91 Å². The number of benzene rings is 2. The molecule has 0 aromatic heterocycles. The molecule has 0 heterocycles. The van der Waals surface area contributed by atoms with Crippen LogP contribution in [0.5, 0.6) is 5.75 Å². The normalized spacial score (nSPS) is 12.8. The first-order valence-corrected chi connectivity index (χ1v) is 8.71. The quantitative estimate of drug-likeness (QED) is 0.682. The summed E-state index contributed by atoms with van der Waals surface area (Å²) in [5, 5.41) is 2.82. The molecule has 2 aromatic rings. The maximum absolute atomic E-state index is 12.0. The molecule has 3 amide bonds. The summed E-state index contributed by atoms with van der Waals surface area (Å²) >= 11 is 0. The van der Waals surface area contributed by atoms with Crippen LogP contribution in [0.4, 0.5) is 5.69 Å². The number of carbonyl (C=O) groups excluding carboxylic acids is 3. The third-order valence-corrected chi connectivity index (χ3v) is 4.12. The Labute approximate surface area is 157 Å². The fourth-order valence-corrected chi connectivity index (χ4v) is 2.46. The van der Waals surface area contributed by atoms with Crippen LogP contribution in [0.2, 0.25) is 0 Å². The number of rotatable bonds is 6. The van der Waals surface area contributed by atoms with Crippen molar-refractivity contribution in [3.63, 3.8) is 0 Å². The van der Waals surface area contributed by atoms with Crippen molar-refractivity contribution in [2.75, 3.05) is 11.9 Å². The van der Waals surface area contributed by atoms with Crippen molar-refractivity contribution in [2.24, 2.45) is 5.92 Å². The molecule has 7 nitrogen and oxygen atoms in total. The fraction of sp³-hybridized carbons (Fsp3) is 0.250. The first kappa shape index (κ1) is 18.4. The van der Waals surface area contributed by atoms with E-state index in [0.29, 0.717) is 17.0 Å². The van der Waals surface area contributed by atoms with Crippen molar-refractivity contribution >= 4 is 23.4 Å². The van der Waals surface area contributed by atoms with E-state index in [0.717, 1.165) is 18.4 Å².